The van der Waals surface area contributed by atoms with Crippen molar-refractivity contribution in [2.45, 2.75) is 39.2 Å². The Kier molecular flexibility index (Phi) is 3.37. The van der Waals surface area contributed by atoms with E-state index in [1.807, 2.05) is 0 Å². The van der Waals surface area contributed by atoms with Crippen LogP contribution in [0.4, 0.5) is 0 Å². The van der Waals surface area contributed by atoms with Crippen LogP contribution in [0.2, 0.25) is 0 Å². The summed E-state index contributed by atoms with van der Waals surface area (Å²) in [5.41, 5.74) is 7.88. The van der Waals surface area contributed by atoms with E-state index in [-0.39, 0.29) is 0 Å². The summed E-state index contributed by atoms with van der Waals surface area (Å²) in [6, 6.07) is 19.6. The third-order valence-electron chi connectivity index (χ3n) is 5.42. The summed E-state index contributed by atoms with van der Waals surface area (Å²) >= 11 is 0. The Morgan fingerprint density at radius 3 is 2.64 bits per heavy atom. The molecular weight excluding hydrogens is 304 g/mol. The number of benzene rings is 2. The smallest absolute Gasteiger partial charge is 0.0745 e. The lowest BCUT2D eigenvalue weighted by atomic mass is 9.95. The number of rotatable bonds is 3. The van der Waals surface area contributed by atoms with Crippen LogP contribution in [0, 0.1) is 0 Å². The molecule has 1 aliphatic rings. The third-order valence-corrected chi connectivity index (χ3v) is 5.42. The van der Waals surface area contributed by atoms with Gasteiger partial charge in [-0.1, -0.05) is 61.9 Å². The summed E-state index contributed by atoms with van der Waals surface area (Å²) in [5, 5.41) is 2.84. The predicted octanol–water partition coefficient (Wildman–Crippen LogP) is 5.76. The van der Waals surface area contributed by atoms with E-state index in [4.69, 9.17) is 4.98 Å². The Labute approximate surface area is 148 Å². The van der Waals surface area contributed by atoms with Gasteiger partial charge < -0.3 is 4.57 Å². The summed E-state index contributed by atoms with van der Waals surface area (Å²) in [7, 11) is 0. The highest BCUT2D eigenvalue weighted by Gasteiger charge is 2.23. The maximum atomic E-state index is 5.19. The molecule has 124 valence electrons. The SMILES string of the molecule is CCCc1c(-c2ccccc2)nc2c3c1c1ccccc1n3CCC2. The lowest BCUT2D eigenvalue weighted by Gasteiger charge is -2.19. The molecule has 0 aliphatic carbocycles. The molecule has 4 aromatic rings. The first-order chi connectivity index (χ1) is 12.4. The number of aryl methyl sites for hydroxylation is 3. The van der Waals surface area contributed by atoms with Crippen molar-refractivity contribution in [3.63, 3.8) is 0 Å². The summed E-state index contributed by atoms with van der Waals surface area (Å²) < 4.78 is 2.50. The molecule has 2 heteroatoms. The molecule has 3 heterocycles. The van der Waals surface area contributed by atoms with E-state index in [2.05, 4.69) is 66.1 Å². The van der Waals surface area contributed by atoms with Gasteiger partial charge in [0.25, 0.3) is 0 Å². The van der Waals surface area contributed by atoms with Gasteiger partial charge in [-0.2, -0.15) is 0 Å². The molecule has 0 radical (unpaired) electrons. The normalized spacial score (nSPS) is 13.6. The molecule has 0 bridgehead atoms. The molecule has 0 amide bonds. The number of hydrogen-bond acceptors (Lipinski definition) is 1. The highest BCUT2D eigenvalue weighted by molar-refractivity contribution is 6.12. The van der Waals surface area contributed by atoms with E-state index >= 15 is 0 Å². The van der Waals surface area contributed by atoms with Gasteiger partial charge in [0, 0.05) is 28.4 Å². The fraction of sp³-hybridized carbons (Fsp3) is 0.261. The minimum atomic E-state index is 1.07. The van der Waals surface area contributed by atoms with Crippen molar-refractivity contribution >= 4 is 21.8 Å². The zero-order chi connectivity index (χ0) is 16.8. The van der Waals surface area contributed by atoms with Crippen molar-refractivity contribution in [1.29, 1.82) is 0 Å². The van der Waals surface area contributed by atoms with Crippen LogP contribution in [0.3, 0.4) is 0 Å². The van der Waals surface area contributed by atoms with E-state index in [0.29, 0.717) is 0 Å². The molecule has 0 N–H and O–H groups in total. The molecule has 0 unspecified atom stereocenters. The van der Waals surface area contributed by atoms with Gasteiger partial charge in [0.15, 0.2) is 0 Å². The summed E-state index contributed by atoms with van der Waals surface area (Å²) in [5.74, 6) is 0. The van der Waals surface area contributed by atoms with Gasteiger partial charge in [-0.05, 0) is 30.9 Å². The van der Waals surface area contributed by atoms with Crippen molar-refractivity contribution in [3.05, 3.63) is 65.9 Å². The van der Waals surface area contributed by atoms with E-state index < -0.39 is 0 Å². The Morgan fingerprint density at radius 1 is 1.00 bits per heavy atom. The molecule has 2 aromatic heterocycles. The van der Waals surface area contributed by atoms with Gasteiger partial charge in [0.05, 0.1) is 16.9 Å². The molecule has 0 saturated heterocycles. The van der Waals surface area contributed by atoms with Crippen LogP contribution in [-0.2, 0) is 19.4 Å². The number of pyridine rings is 1. The van der Waals surface area contributed by atoms with Crippen LogP contribution < -0.4 is 0 Å². The summed E-state index contributed by atoms with van der Waals surface area (Å²) in [6.45, 7) is 3.37. The van der Waals surface area contributed by atoms with Crippen LogP contribution in [-0.4, -0.2) is 9.55 Å². The van der Waals surface area contributed by atoms with Crippen LogP contribution in [0.1, 0.15) is 31.0 Å². The van der Waals surface area contributed by atoms with Gasteiger partial charge in [-0.3, -0.25) is 4.98 Å². The second-order valence-electron chi connectivity index (χ2n) is 7.00. The molecule has 0 atom stereocenters. The number of fused-ring (bicyclic) bond motifs is 3. The first kappa shape index (κ1) is 14.7. The second kappa shape index (κ2) is 5.73. The molecule has 0 saturated carbocycles. The number of para-hydroxylation sites is 1. The van der Waals surface area contributed by atoms with Gasteiger partial charge in [0.1, 0.15) is 0 Å². The minimum Gasteiger partial charge on any atom is -0.339 e. The molecule has 2 nitrogen and oxygen atoms in total. The van der Waals surface area contributed by atoms with Gasteiger partial charge >= 0.3 is 0 Å². The molecule has 25 heavy (non-hydrogen) atoms. The number of hydrogen-bond donors (Lipinski definition) is 0. The Hall–Kier alpha value is -2.61. The lowest BCUT2D eigenvalue weighted by molar-refractivity contribution is 0.640. The van der Waals surface area contributed by atoms with Crippen LogP contribution >= 0.6 is 0 Å². The fourth-order valence-corrected chi connectivity index (χ4v) is 4.42. The summed E-state index contributed by atoms with van der Waals surface area (Å²) in [4.78, 5) is 5.19. The summed E-state index contributed by atoms with van der Waals surface area (Å²) in [6.07, 6.45) is 4.46. The maximum Gasteiger partial charge on any atom is 0.0745 e. The van der Waals surface area contributed by atoms with E-state index in [1.165, 1.54) is 50.7 Å². The largest absolute Gasteiger partial charge is 0.339 e. The highest BCUT2D eigenvalue weighted by Crippen LogP contribution is 2.40. The van der Waals surface area contributed by atoms with Gasteiger partial charge in [0.2, 0.25) is 0 Å². The Morgan fingerprint density at radius 2 is 1.80 bits per heavy atom. The van der Waals surface area contributed by atoms with Crippen LogP contribution in [0.5, 0.6) is 0 Å². The molecule has 2 aromatic carbocycles. The Bertz CT molecular complexity index is 1070. The maximum absolute atomic E-state index is 5.19. The van der Waals surface area contributed by atoms with E-state index in [9.17, 15) is 0 Å². The van der Waals surface area contributed by atoms with Gasteiger partial charge in [-0.15, -0.1) is 0 Å². The van der Waals surface area contributed by atoms with E-state index in [0.717, 1.165) is 25.8 Å². The zero-order valence-electron chi connectivity index (χ0n) is 14.6. The monoisotopic (exact) mass is 326 g/mol. The van der Waals surface area contributed by atoms with Crippen LogP contribution in [0.15, 0.2) is 54.6 Å². The molecule has 0 spiro atoms. The van der Waals surface area contributed by atoms with Crippen molar-refractivity contribution in [2.24, 2.45) is 0 Å². The standard InChI is InChI=1S/C23H22N2/c1-2-9-18-21-17-12-6-7-14-20(17)25-15-8-13-19(23(21)25)24-22(18)16-10-4-3-5-11-16/h3-7,10-12,14H,2,8-9,13,15H2,1H3. The van der Waals surface area contributed by atoms with Gasteiger partial charge in [-0.25, -0.2) is 0 Å². The predicted molar refractivity (Wildman–Crippen MR) is 105 cm³/mol. The first-order valence-corrected chi connectivity index (χ1v) is 9.36. The number of nitrogens with zero attached hydrogens (tertiary/aromatic N) is 2. The Balaban J connectivity index is 1.97. The molecular formula is C23H22N2. The molecule has 0 fully saturated rings. The average Bonchev–Trinajstić information content (AvgIpc) is 3.01. The van der Waals surface area contributed by atoms with Crippen molar-refractivity contribution < 1.29 is 0 Å². The average molecular weight is 326 g/mol. The quantitative estimate of drug-likeness (QED) is 0.468. The lowest BCUT2D eigenvalue weighted by Crippen LogP contribution is -2.10. The highest BCUT2D eigenvalue weighted by atomic mass is 15.0. The van der Waals surface area contributed by atoms with Crippen molar-refractivity contribution in [2.75, 3.05) is 0 Å². The first-order valence-electron chi connectivity index (χ1n) is 9.36. The van der Waals surface area contributed by atoms with Crippen molar-refractivity contribution in [1.82, 2.24) is 9.55 Å². The second-order valence-corrected chi connectivity index (χ2v) is 7.00. The topological polar surface area (TPSA) is 17.8 Å². The zero-order valence-corrected chi connectivity index (χ0v) is 14.6. The fourth-order valence-electron chi connectivity index (χ4n) is 4.42. The molecule has 1 aliphatic heterocycles. The van der Waals surface area contributed by atoms with Crippen molar-refractivity contribution in [3.8, 4) is 11.3 Å². The molecule has 5 rings (SSSR count). The minimum absolute atomic E-state index is 1.07. The van der Waals surface area contributed by atoms with E-state index in [1.54, 1.807) is 0 Å². The third kappa shape index (κ3) is 2.13. The number of aromatic nitrogens is 2. The van der Waals surface area contributed by atoms with Crippen LogP contribution in [0.25, 0.3) is 33.1 Å².